The highest BCUT2D eigenvalue weighted by atomic mass is 32.1. The smallest absolute Gasteiger partial charge is 0.341 e. The van der Waals surface area contributed by atoms with Gasteiger partial charge in [-0.2, -0.15) is 5.10 Å². The maximum atomic E-state index is 12.9. The van der Waals surface area contributed by atoms with Crippen LogP contribution in [0.5, 0.6) is 5.75 Å². The molecule has 170 valence electrons. The minimum Gasteiger partial charge on any atom is -0.493 e. The zero-order chi connectivity index (χ0) is 23.0. The average Bonchev–Trinajstić information content (AvgIpc) is 3.39. The lowest BCUT2D eigenvalue weighted by Crippen LogP contribution is -2.30. The minimum absolute atomic E-state index is 0.444. The summed E-state index contributed by atoms with van der Waals surface area (Å²) in [7, 11) is 3.24. The number of methoxy groups -OCH3 is 1. The summed E-state index contributed by atoms with van der Waals surface area (Å²) in [4.78, 5) is 14.0. The molecule has 0 radical (unpaired) electrons. The van der Waals surface area contributed by atoms with Crippen molar-refractivity contribution in [1.29, 1.82) is 0 Å². The first-order chi connectivity index (χ1) is 15.2. The van der Waals surface area contributed by atoms with Gasteiger partial charge in [0, 0.05) is 12.6 Å². The lowest BCUT2D eigenvalue weighted by molar-refractivity contribution is -0.165. The quantitative estimate of drug-likeness (QED) is 0.478. The monoisotopic (exact) mass is 454 g/mol. The highest BCUT2D eigenvalue weighted by molar-refractivity contribution is 7.13. The van der Waals surface area contributed by atoms with Crippen LogP contribution in [0.2, 0.25) is 0 Å². The van der Waals surface area contributed by atoms with E-state index in [9.17, 15) is 4.79 Å². The Morgan fingerprint density at radius 3 is 2.72 bits per heavy atom. The molecule has 0 spiro atoms. The molecule has 32 heavy (non-hydrogen) atoms. The fourth-order valence-electron chi connectivity index (χ4n) is 4.25. The van der Waals surface area contributed by atoms with Crippen molar-refractivity contribution in [2.75, 3.05) is 13.7 Å². The van der Waals surface area contributed by atoms with Gasteiger partial charge in [-0.25, -0.2) is 4.79 Å². The first-order valence-electron chi connectivity index (χ1n) is 10.8. The van der Waals surface area contributed by atoms with Gasteiger partial charge < -0.3 is 14.2 Å². The largest absolute Gasteiger partial charge is 0.493 e. The van der Waals surface area contributed by atoms with E-state index < -0.39 is 17.7 Å². The van der Waals surface area contributed by atoms with E-state index in [0.29, 0.717) is 5.69 Å². The Balaban J connectivity index is 2.00. The summed E-state index contributed by atoms with van der Waals surface area (Å²) in [6.07, 6.45) is 1.05. The summed E-state index contributed by atoms with van der Waals surface area (Å²) in [5, 5.41) is 6.89. The molecule has 3 aromatic rings. The van der Waals surface area contributed by atoms with Gasteiger partial charge in [0.2, 0.25) is 0 Å². The molecule has 6 nitrogen and oxygen atoms in total. The van der Waals surface area contributed by atoms with Gasteiger partial charge in [-0.05, 0) is 74.7 Å². The van der Waals surface area contributed by atoms with Gasteiger partial charge in [-0.1, -0.05) is 12.1 Å². The van der Waals surface area contributed by atoms with Gasteiger partial charge in [0.1, 0.15) is 11.4 Å². The fourth-order valence-corrected chi connectivity index (χ4v) is 4.96. The van der Waals surface area contributed by atoms with Crippen LogP contribution >= 0.6 is 11.3 Å². The number of benzene rings is 1. The Bertz CT molecular complexity index is 1130. The van der Waals surface area contributed by atoms with Crippen molar-refractivity contribution >= 4 is 17.3 Å². The summed E-state index contributed by atoms with van der Waals surface area (Å²) < 4.78 is 19.0. The molecule has 0 saturated heterocycles. The Kier molecular flexibility index (Phi) is 6.14. The number of carbonyl (C=O) groups is 1. The number of aryl methyl sites for hydroxylation is 1. The number of aromatic nitrogens is 2. The second-order valence-electron chi connectivity index (χ2n) is 9.01. The minimum atomic E-state index is -0.909. The maximum absolute atomic E-state index is 12.9. The summed E-state index contributed by atoms with van der Waals surface area (Å²) >= 11 is 1.62. The van der Waals surface area contributed by atoms with Crippen LogP contribution in [0.1, 0.15) is 50.1 Å². The van der Waals surface area contributed by atoms with E-state index in [0.717, 1.165) is 52.5 Å². The van der Waals surface area contributed by atoms with E-state index in [4.69, 9.17) is 19.3 Å². The molecule has 1 unspecified atom stereocenters. The highest BCUT2D eigenvalue weighted by Crippen LogP contribution is 2.44. The predicted octanol–water partition coefficient (Wildman–Crippen LogP) is 5.48. The van der Waals surface area contributed by atoms with Gasteiger partial charge in [0.15, 0.2) is 6.10 Å². The second-order valence-corrected chi connectivity index (χ2v) is 9.96. The number of hydrogen-bond acceptors (Lipinski definition) is 6. The Hall–Kier alpha value is -2.64. The maximum Gasteiger partial charge on any atom is 0.341 e. The van der Waals surface area contributed by atoms with Crippen LogP contribution in [0.15, 0.2) is 29.6 Å². The van der Waals surface area contributed by atoms with Crippen LogP contribution in [0.3, 0.4) is 0 Å². The number of rotatable bonds is 5. The second kappa shape index (κ2) is 8.71. The average molecular weight is 455 g/mol. The van der Waals surface area contributed by atoms with Crippen LogP contribution in [0.4, 0.5) is 0 Å². The standard InChI is InChI=1S/C25H30N2O4S/c1-15-16-9-7-13-30-18(16)12-11-17(15)20-21(19-10-8-14-32-19)26-27(5)22(20)23(24(28)29-6)31-25(2,3)4/h8,10-12,14,23H,7,9,13H2,1-6H3. The third-order valence-corrected chi connectivity index (χ3v) is 6.51. The molecule has 0 fully saturated rings. The van der Waals surface area contributed by atoms with E-state index in [1.165, 1.54) is 12.7 Å². The Morgan fingerprint density at radius 1 is 1.28 bits per heavy atom. The Labute approximate surface area is 193 Å². The van der Waals surface area contributed by atoms with Crippen molar-refractivity contribution in [1.82, 2.24) is 9.78 Å². The zero-order valence-electron chi connectivity index (χ0n) is 19.5. The number of fused-ring (bicyclic) bond motifs is 1. The van der Waals surface area contributed by atoms with E-state index in [-0.39, 0.29) is 0 Å². The van der Waals surface area contributed by atoms with Crippen molar-refractivity contribution in [2.24, 2.45) is 7.05 Å². The van der Waals surface area contributed by atoms with Gasteiger partial charge in [-0.3, -0.25) is 4.68 Å². The van der Waals surface area contributed by atoms with Crippen LogP contribution < -0.4 is 4.74 Å². The van der Waals surface area contributed by atoms with Crippen molar-refractivity contribution in [3.63, 3.8) is 0 Å². The molecule has 1 atom stereocenters. The topological polar surface area (TPSA) is 62.6 Å². The molecule has 2 aromatic heterocycles. The number of carbonyl (C=O) groups excluding carboxylic acids is 1. The molecule has 1 aliphatic rings. The van der Waals surface area contributed by atoms with Crippen molar-refractivity contribution in [3.8, 4) is 27.4 Å². The lowest BCUT2D eigenvalue weighted by Gasteiger charge is -2.27. The van der Waals surface area contributed by atoms with Crippen molar-refractivity contribution in [3.05, 3.63) is 46.5 Å². The summed E-state index contributed by atoms with van der Waals surface area (Å²) in [5.41, 5.74) is 5.27. The summed E-state index contributed by atoms with van der Waals surface area (Å²) in [5.74, 6) is 0.497. The number of nitrogens with zero attached hydrogens (tertiary/aromatic N) is 2. The molecule has 0 amide bonds. The number of thiophene rings is 1. The normalized spacial score (nSPS) is 14.6. The molecule has 0 aliphatic carbocycles. The zero-order valence-corrected chi connectivity index (χ0v) is 20.3. The molecule has 7 heteroatoms. The third kappa shape index (κ3) is 4.19. The lowest BCUT2D eigenvalue weighted by atomic mass is 9.90. The van der Waals surface area contributed by atoms with Crippen LogP contribution in [0.25, 0.3) is 21.7 Å². The summed E-state index contributed by atoms with van der Waals surface area (Å²) in [6, 6.07) is 8.16. The van der Waals surface area contributed by atoms with E-state index in [1.807, 2.05) is 45.3 Å². The van der Waals surface area contributed by atoms with E-state index in [2.05, 4.69) is 19.1 Å². The molecular weight excluding hydrogens is 424 g/mol. The highest BCUT2D eigenvalue weighted by Gasteiger charge is 2.36. The van der Waals surface area contributed by atoms with E-state index >= 15 is 0 Å². The SMILES string of the molecule is COC(=O)C(OC(C)(C)C)c1c(-c2ccc3c(c2C)CCCO3)c(-c2cccs2)nn1C. The molecule has 0 saturated carbocycles. The number of hydrogen-bond donors (Lipinski definition) is 0. The first-order valence-corrected chi connectivity index (χ1v) is 11.7. The predicted molar refractivity (Wildman–Crippen MR) is 126 cm³/mol. The van der Waals surface area contributed by atoms with Crippen molar-refractivity contribution < 1.29 is 19.0 Å². The molecular formula is C25H30N2O4S. The van der Waals surface area contributed by atoms with Crippen LogP contribution in [0, 0.1) is 6.92 Å². The first kappa shape index (κ1) is 22.6. The van der Waals surface area contributed by atoms with E-state index in [1.54, 1.807) is 16.0 Å². The number of esters is 1. The van der Waals surface area contributed by atoms with Gasteiger partial charge >= 0.3 is 5.97 Å². The molecule has 0 bridgehead atoms. The molecule has 1 aromatic carbocycles. The Morgan fingerprint density at radius 2 is 2.06 bits per heavy atom. The third-order valence-electron chi connectivity index (χ3n) is 5.63. The molecule has 0 N–H and O–H groups in total. The van der Waals surface area contributed by atoms with Gasteiger partial charge in [0.25, 0.3) is 0 Å². The van der Waals surface area contributed by atoms with Gasteiger partial charge in [0.05, 0.1) is 29.9 Å². The van der Waals surface area contributed by atoms with Crippen LogP contribution in [-0.2, 0) is 27.7 Å². The summed E-state index contributed by atoms with van der Waals surface area (Å²) in [6.45, 7) is 8.66. The molecule has 3 heterocycles. The van der Waals surface area contributed by atoms with Crippen LogP contribution in [-0.4, -0.2) is 35.1 Å². The van der Waals surface area contributed by atoms with Gasteiger partial charge in [-0.15, -0.1) is 11.3 Å². The fraction of sp³-hybridized carbons (Fsp3) is 0.440. The molecule has 4 rings (SSSR count). The van der Waals surface area contributed by atoms with Crippen molar-refractivity contribution in [2.45, 2.75) is 52.2 Å². The number of ether oxygens (including phenoxy) is 3. The molecule has 1 aliphatic heterocycles.